The summed E-state index contributed by atoms with van der Waals surface area (Å²) < 4.78 is 0. The van der Waals surface area contributed by atoms with Crippen LogP contribution in [0.2, 0.25) is 0 Å². The molecule has 0 spiro atoms. The van der Waals surface area contributed by atoms with Crippen molar-refractivity contribution in [2.45, 2.75) is 6.92 Å². The number of hydrogen-bond acceptors (Lipinski definition) is 1. The molecule has 2 nitrogen and oxygen atoms in total. The van der Waals surface area contributed by atoms with Crippen LogP contribution in [0.1, 0.15) is 9.78 Å². The molecule has 0 unspecified atom stereocenters. The van der Waals surface area contributed by atoms with E-state index in [1.807, 2.05) is 0 Å². The van der Waals surface area contributed by atoms with E-state index < -0.39 is 5.97 Å². The van der Waals surface area contributed by atoms with E-state index in [4.69, 9.17) is 9.90 Å². The predicted octanol–water partition coefficient (Wildman–Crippen LogP) is -5.68. The quantitative estimate of drug-likeness (QED) is 0.292. The summed E-state index contributed by atoms with van der Waals surface area (Å²) in [7, 11) is 0. The summed E-state index contributed by atoms with van der Waals surface area (Å²) in [5.74, 6) is -0.833. The van der Waals surface area contributed by atoms with Crippen molar-refractivity contribution in [3.63, 3.8) is 0 Å². The minimum Gasteiger partial charge on any atom is -1.00 e. The van der Waals surface area contributed by atoms with Gasteiger partial charge in [0.25, 0.3) is 5.97 Å². The molecule has 0 atom stereocenters. The fourth-order valence-corrected chi connectivity index (χ4v) is 0. The maximum absolute atomic E-state index is 9.00. The summed E-state index contributed by atoms with van der Waals surface area (Å²) in [6.45, 7) is 1.08. The minimum absolute atomic E-state index is 0. The van der Waals surface area contributed by atoms with Crippen LogP contribution in [0.3, 0.4) is 0 Å². The molecule has 0 aromatic carbocycles. The summed E-state index contributed by atoms with van der Waals surface area (Å²) in [6.07, 6.45) is 0. The van der Waals surface area contributed by atoms with Crippen molar-refractivity contribution in [1.82, 2.24) is 0 Å². The zero-order chi connectivity index (χ0) is 3.58. The Hall–Kier alpha value is 0.665. The minimum atomic E-state index is -0.833. The number of carboxylic acid groups (broad SMARTS) is 1. The largest absolute Gasteiger partial charge is 1.00 e. The molecule has 4 heteroatoms. The topological polar surface area (TPSA) is 37.3 Å². The van der Waals surface area contributed by atoms with Gasteiger partial charge >= 0.3 is 37.7 Å². The van der Waals surface area contributed by atoms with E-state index in [1.54, 1.807) is 0 Å². The SMILES string of the molecule is CC(=O)O.[H-].[H-].[Li+].[Li+]. The second-order valence-electron chi connectivity index (χ2n) is 0.519. The van der Waals surface area contributed by atoms with Crippen molar-refractivity contribution in [2.24, 2.45) is 0 Å². The van der Waals surface area contributed by atoms with Crippen LogP contribution in [-0.2, 0) is 4.79 Å². The van der Waals surface area contributed by atoms with Crippen LogP contribution in [0, 0.1) is 0 Å². The summed E-state index contributed by atoms with van der Waals surface area (Å²) in [4.78, 5) is 9.00. The molecule has 0 saturated heterocycles. The monoisotopic (exact) mass is 76.1 g/mol. The zero-order valence-electron chi connectivity index (χ0n) is 6.36. The van der Waals surface area contributed by atoms with Crippen LogP contribution in [-0.4, -0.2) is 11.1 Å². The molecule has 6 heavy (non-hydrogen) atoms. The number of carboxylic acids is 1. The smallest absolute Gasteiger partial charge is 1.00 e. The molecule has 0 aromatic heterocycles. The van der Waals surface area contributed by atoms with Gasteiger partial charge in [0.1, 0.15) is 0 Å². The fourth-order valence-electron chi connectivity index (χ4n) is 0. The van der Waals surface area contributed by atoms with Crippen LogP contribution < -0.4 is 37.7 Å². The number of carbonyl (C=O) groups is 1. The average molecular weight is 76.0 g/mol. The Labute approximate surface area is 63.6 Å². The molecule has 0 heterocycles. The van der Waals surface area contributed by atoms with Gasteiger partial charge in [0.05, 0.1) is 0 Å². The molecular weight excluding hydrogens is 69.9 g/mol. The average Bonchev–Trinajstić information content (AvgIpc) is 0.811. The summed E-state index contributed by atoms with van der Waals surface area (Å²) in [5, 5.41) is 7.42. The molecule has 0 aliphatic heterocycles. The van der Waals surface area contributed by atoms with Crippen LogP contribution in [0.15, 0.2) is 0 Å². The normalized spacial score (nSPS) is 4.17. The van der Waals surface area contributed by atoms with Gasteiger partial charge in [-0.15, -0.1) is 0 Å². The van der Waals surface area contributed by atoms with E-state index in [1.165, 1.54) is 0 Å². The van der Waals surface area contributed by atoms with E-state index in [9.17, 15) is 0 Å². The molecule has 28 valence electrons. The van der Waals surface area contributed by atoms with Gasteiger partial charge in [0.2, 0.25) is 0 Å². The van der Waals surface area contributed by atoms with Gasteiger partial charge in [0.15, 0.2) is 0 Å². The maximum Gasteiger partial charge on any atom is 1.00 e. The first-order valence-electron chi connectivity index (χ1n) is 0.928. The summed E-state index contributed by atoms with van der Waals surface area (Å²) >= 11 is 0. The molecule has 0 aliphatic carbocycles. The Morgan fingerprint density at radius 3 is 1.67 bits per heavy atom. The summed E-state index contributed by atoms with van der Waals surface area (Å²) in [5.41, 5.74) is 0. The maximum atomic E-state index is 9.00. The van der Waals surface area contributed by atoms with Gasteiger partial charge in [0, 0.05) is 6.92 Å². The van der Waals surface area contributed by atoms with Gasteiger partial charge in [-0.3, -0.25) is 4.79 Å². The zero-order valence-corrected chi connectivity index (χ0v) is 4.36. The first-order valence-corrected chi connectivity index (χ1v) is 0.928. The van der Waals surface area contributed by atoms with Crippen molar-refractivity contribution in [3.8, 4) is 0 Å². The third kappa shape index (κ3) is 142. The van der Waals surface area contributed by atoms with Gasteiger partial charge in [-0.2, -0.15) is 0 Å². The Morgan fingerprint density at radius 1 is 1.67 bits per heavy atom. The Balaban J connectivity index is -0.00000000750. The van der Waals surface area contributed by atoms with Crippen LogP contribution in [0.5, 0.6) is 0 Å². The first-order chi connectivity index (χ1) is 1.73. The van der Waals surface area contributed by atoms with Gasteiger partial charge in [-0.05, 0) is 0 Å². The number of aliphatic carboxylic acids is 1. The molecule has 0 rings (SSSR count). The van der Waals surface area contributed by atoms with Crippen LogP contribution >= 0.6 is 0 Å². The third-order valence-corrected chi connectivity index (χ3v) is 0. The summed E-state index contributed by atoms with van der Waals surface area (Å²) in [6, 6.07) is 0. The molecule has 0 fully saturated rings. The van der Waals surface area contributed by atoms with Crippen molar-refractivity contribution < 1.29 is 50.5 Å². The predicted molar refractivity (Wildman–Crippen MR) is 15.5 cm³/mol. The molecule has 0 amide bonds. The third-order valence-electron chi connectivity index (χ3n) is 0. The number of hydrogen-bond donors (Lipinski definition) is 1. The van der Waals surface area contributed by atoms with Crippen molar-refractivity contribution in [1.29, 1.82) is 0 Å². The Kier molecular flexibility index (Phi) is 24.4. The first kappa shape index (κ1) is 15.9. The van der Waals surface area contributed by atoms with Gasteiger partial charge in [-0.25, -0.2) is 0 Å². The van der Waals surface area contributed by atoms with Crippen LogP contribution in [0.4, 0.5) is 0 Å². The van der Waals surface area contributed by atoms with E-state index in [2.05, 4.69) is 0 Å². The van der Waals surface area contributed by atoms with Crippen molar-refractivity contribution in [3.05, 3.63) is 0 Å². The molecule has 0 saturated carbocycles. The fraction of sp³-hybridized carbons (Fsp3) is 0.500. The standard InChI is InChI=1S/C2H4O2.2Li.2H/c1-2(3)4;;;;/h1H3,(H,3,4);;;;/q;2*+1;2*-1. The molecular formula is C2H6Li2O2. The van der Waals surface area contributed by atoms with Crippen molar-refractivity contribution >= 4 is 5.97 Å². The molecule has 1 N–H and O–H groups in total. The Morgan fingerprint density at radius 2 is 1.67 bits per heavy atom. The molecule has 0 aliphatic rings. The van der Waals surface area contributed by atoms with Gasteiger partial charge in [-0.1, -0.05) is 0 Å². The molecule has 0 radical (unpaired) electrons. The van der Waals surface area contributed by atoms with Gasteiger partial charge < -0.3 is 7.96 Å². The molecule has 0 bridgehead atoms. The number of rotatable bonds is 0. The van der Waals surface area contributed by atoms with E-state index in [0.29, 0.717) is 0 Å². The Bertz CT molecular complexity index is 39.0. The van der Waals surface area contributed by atoms with E-state index in [-0.39, 0.29) is 40.6 Å². The second-order valence-corrected chi connectivity index (χ2v) is 0.519. The second kappa shape index (κ2) is 9.18. The van der Waals surface area contributed by atoms with Crippen molar-refractivity contribution in [2.75, 3.05) is 0 Å². The van der Waals surface area contributed by atoms with E-state index in [0.717, 1.165) is 6.92 Å². The van der Waals surface area contributed by atoms with Crippen LogP contribution in [0.25, 0.3) is 0 Å². The molecule has 0 aromatic rings. The van der Waals surface area contributed by atoms with E-state index >= 15 is 0 Å².